The van der Waals surface area contributed by atoms with Crippen LogP contribution in [0, 0.1) is 5.92 Å². The van der Waals surface area contributed by atoms with Crippen molar-refractivity contribution in [3.8, 4) is 0 Å². The Bertz CT molecular complexity index is 1330. The standard InChI is InChI=1S/C30H31NS/c1-4-10-27-28(20-11-6-5-7-12-20)29-23-14-9-8-13-22(23)18-25(30(29)32-27)24-17-21(19(2)3)15-16-26(24)31/h4-6,8-11,13-19,24,26H,7,12,31H2,1-3H3/b10-4-. The Kier molecular flexibility index (Phi) is 5.75. The molecule has 1 nitrogen and oxygen atoms in total. The summed E-state index contributed by atoms with van der Waals surface area (Å²) in [6.07, 6.45) is 20.3. The number of hydrogen-bond acceptors (Lipinski definition) is 2. The molecule has 0 saturated heterocycles. The van der Waals surface area contributed by atoms with Gasteiger partial charge in [-0.1, -0.05) is 80.6 Å². The molecule has 162 valence electrons. The van der Waals surface area contributed by atoms with Gasteiger partial charge >= 0.3 is 0 Å². The van der Waals surface area contributed by atoms with Gasteiger partial charge in [-0.15, -0.1) is 11.3 Å². The second kappa shape index (κ2) is 8.69. The summed E-state index contributed by atoms with van der Waals surface area (Å²) in [7, 11) is 0. The van der Waals surface area contributed by atoms with E-state index in [4.69, 9.17) is 5.73 Å². The monoisotopic (exact) mass is 437 g/mol. The van der Waals surface area contributed by atoms with E-state index >= 15 is 0 Å². The zero-order valence-electron chi connectivity index (χ0n) is 19.1. The van der Waals surface area contributed by atoms with Crippen LogP contribution in [0.15, 0.2) is 78.4 Å². The van der Waals surface area contributed by atoms with Crippen LogP contribution < -0.4 is 5.73 Å². The van der Waals surface area contributed by atoms with Gasteiger partial charge in [-0.2, -0.15) is 0 Å². The van der Waals surface area contributed by atoms with E-state index in [0.717, 1.165) is 12.8 Å². The third-order valence-corrected chi connectivity index (χ3v) is 7.92. The number of hydrogen-bond donors (Lipinski definition) is 1. The van der Waals surface area contributed by atoms with E-state index < -0.39 is 0 Å². The van der Waals surface area contributed by atoms with Crippen molar-refractivity contribution >= 4 is 43.8 Å². The fourth-order valence-corrected chi connectivity index (χ4v) is 6.42. The first-order chi connectivity index (χ1) is 15.6. The summed E-state index contributed by atoms with van der Waals surface area (Å²) in [5.41, 5.74) is 12.3. The van der Waals surface area contributed by atoms with Crippen molar-refractivity contribution in [2.45, 2.75) is 45.6 Å². The molecule has 0 radical (unpaired) electrons. The Balaban J connectivity index is 1.86. The van der Waals surface area contributed by atoms with E-state index in [1.807, 2.05) is 11.3 Å². The lowest BCUT2D eigenvalue weighted by Crippen LogP contribution is -2.27. The molecule has 2 atom stereocenters. The van der Waals surface area contributed by atoms with Crippen LogP contribution in [0.5, 0.6) is 0 Å². The molecule has 2 heteroatoms. The van der Waals surface area contributed by atoms with E-state index in [1.54, 1.807) is 0 Å². The first-order valence-electron chi connectivity index (χ1n) is 11.7. The second-order valence-electron chi connectivity index (χ2n) is 9.17. The molecule has 0 aliphatic heterocycles. The molecule has 2 aliphatic carbocycles. The van der Waals surface area contributed by atoms with Gasteiger partial charge in [0, 0.05) is 32.5 Å². The molecule has 2 N–H and O–H groups in total. The quantitative estimate of drug-likeness (QED) is 0.436. The van der Waals surface area contributed by atoms with E-state index in [-0.39, 0.29) is 12.0 Å². The molecule has 0 saturated carbocycles. The van der Waals surface area contributed by atoms with Gasteiger partial charge in [0.25, 0.3) is 0 Å². The third-order valence-electron chi connectivity index (χ3n) is 6.72. The second-order valence-corrected chi connectivity index (χ2v) is 10.2. The van der Waals surface area contributed by atoms with E-state index in [0.29, 0.717) is 5.92 Å². The lowest BCUT2D eigenvalue weighted by molar-refractivity contribution is 0.684. The summed E-state index contributed by atoms with van der Waals surface area (Å²) in [4.78, 5) is 1.36. The maximum Gasteiger partial charge on any atom is 0.0400 e. The lowest BCUT2D eigenvalue weighted by Gasteiger charge is -2.26. The number of thiophene rings is 1. The fraction of sp³-hybridized carbons (Fsp3) is 0.267. The summed E-state index contributed by atoms with van der Waals surface area (Å²) in [5.74, 6) is 0.684. The molecular weight excluding hydrogens is 406 g/mol. The predicted octanol–water partition coefficient (Wildman–Crippen LogP) is 8.38. The van der Waals surface area contributed by atoms with Gasteiger partial charge in [-0.25, -0.2) is 0 Å². The van der Waals surface area contributed by atoms with Crippen LogP contribution in [-0.4, -0.2) is 6.04 Å². The Morgan fingerprint density at radius 1 is 1.19 bits per heavy atom. The van der Waals surface area contributed by atoms with Crippen LogP contribution in [0.1, 0.15) is 55.5 Å². The highest BCUT2D eigenvalue weighted by atomic mass is 32.1. The van der Waals surface area contributed by atoms with Gasteiger partial charge < -0.3 is 5.73 Å². The zero-order valence-corrected chi connectivity index (χ0v) is 20.0. The van der Waals surface area contributed by atoms with Gasteiger partial charge in [-0.3, -0.25) is 0 Å². The van der Waals surface area contributed by atoms with Crippen LogP contribution in [0.25, 0.3) is 32.5 Å². The lowest BCUT2D eigenvalue weighted by atomic mass is 9.81. The van der Waals surface area contributed by atoms with Crippen LogP contribution in [0.4, 0.5) is 0 Å². The summed E-state index contributed by atoms with van der Waals surface area (Å²) in [6.45, 7) is 6.63. The molecular formula is C30H31NS. The van der Waals surface area contributed by atoms with Gasteiger partial charge in [0.15, 0.2) is 0 Å². The fourth-order valence-electron chi connectivity index (χ4n) is 5.04. The largest absolute Gasteiger partial charge is 0.324 e. The summed E-state index contributed by atoms with van der Waals surface area (Å²) in [6, 6.07) is 11.2. The third kappa shape index (κ3) is 3.62. The van der Waals surface area contributed by atoms with Crippen LogP contribution in [0.2, 0.25) is 0 Å². The molecule has 2 unspecified atom stereocenters. The van der Waals surface area contributed by atoms with E-state index in [2.05, 4.69) is 99.7 Å². The maximum absolute atomic E-state index is 6.69. The predicted molar refractivity (Wildman–Crippen MR) is 143 cm³/mol. The van der Waals surface area contributed by atoms with Crippen molar-refractivity contribution in [1.82, 2.24) is 0 Å². The molecule has 5 rings (SSSR count). The maximum atomic E-state index is 6.69. The van der Waals surface area contributed by atoms with E-state index in [9.17, 15) is 0 Å². The average Bonchev–Trinajstić information content (AvgIpc) is 3.19. The Morgan fingerprint density at radius 2 is 2.03 bits per heavy atom. The molecule has 32 heavy (non-hydrogen) atoms. The Hall–Kier alpha value is -2.68. The van der Waals surface area contributed by atoms with Gasteiger partial charge in [0.2, 0.25) is 0 Å². The molecule has 3 aromatic rings. The molecule has 0 fully saturated rings. The van der Waals surface area contributed by atoms with Crippen molar-refractivity contribution in [1.29, 1.82) is 0 Å². The highest BCUT2D eigenvalue weighted by Crippen LogP contribution is 2.47. The number of benzene rings is 2. The first-order valence-corrected chi connectivity index (χ1v) is 12.5. The average molecular weight is 438 g/mol. The molecule has 0 amide bonds. The Labute approximate surface area is 195 Å². The topological polar surface area (TPSA) is 26.0 Å². The molecule has 0 bridgehead atoms. The number of allylic oxidation sites excluding steroid dienone is 7. The normalized spacial score (nSPS) is 21.2. The number of fused-ring (bicyclic) bond motifs is 3. The molecule has 0 spiro atoms. The summed E-state index contributed by atoms with van der Waals surface area (Å²) >= 11 is 1.93. The minimum Gasteiger partial charge on any atom is -0.324 e. The van der Waals surface area contributed by atoms with Crippen molar-refractivity contribution < 1.29 is 0 Å². The molecule has 1 heterocycles. The summed E-state index contributed by atoms with van der Waals surface area (Å²) in [5, 5.41) is 4.05. The van der Waals surface area contributed by atoms with Crippen LogP contribution in [-0.2, 0) is 0 Å². The van der Waals surface area contributed by atoms with Crippen molar-refractivity contribution in [2.24, 2.45) is 11.7 Å². The van der Waals surface area contributed by atoms with Crippen LogP contribution >= 0.6 is 11.3 Å². The molecule has 2 aromatic carbocycles. The van der Waals surface area contributed by atoms with Gasteiger partial charge in [0.05, 0.1) is 0 Å². The first kappa shape index (κ1) is 21.2. The van der Waals surface area contributed by atoms with Gasteiger partial charge in [0.1, 0.15) is 0 Å². The van der Waals surface area contributed by atoms with Crippen molar-refractivity contribution in [2.75, 3.05) is 0 Å². The SMILES string of the molecule is C/C=C\c1sc2c(C3C=C(C(C)C)C=CC3N)cc3ccccc3c2c1C1=CC=CCC1. The van der Waals surface area contributed by atoms with Crippen molar-refractivity contribution in [3.63, 3.8) is 0 Å². The van der Waals surface area contributed by atoms with Crippen molar-refractivity contribution in [3.05, 3.63) is 94.4 Å². The van der Waals surface area contributed by atoms with Crippen LogP contribution in [0.3, 0.4) is 0 Å². The molecule has 1 aromatic heterocycles. The van der Waals surface area contributed by atoms with Gasteiger partial charge in [-0.05, 0) is 65.3 Å². The summed E-state index contributed by atoms with van der Waals surface area (Å²) < 4.78 is 1.39. The highest BCUT2D eigenvalue weighted by molar-refractivity contribution is 7.20. The number of rotatable bonds is 4. The minimum atomic E-state index is -0.00518. The smallest absolute Gasteiger partial charge is 0.0400 e. The Morgan fingerprint density at radius 3 is 2.78 bits per heavy atom. The highest BCUT2D eigenvalue weighted by Gasteiger charge is 2.26. The molecule has 2 aliphatic rings. The zero-order chi connectivity index (χ0) is 22.2. The minimum absolute atomic E-state index is 0.00518. The number of nitrogens with two attached hydrogens (primary N) is 1. The van der Waals surface area contributed by atoms with E-state index in [1.165, 1.54) is 48.0 Å².